The van der Waals surface area contributed by atoms with E-state index in [0.29, 0.717) is 0 Å². The van der Waals surface area contributed by atoms with Crippen LogP contribution in [0, 0.1) is 11.8 Å². The third kappa shape index (κ3) is 4.07. The summed E-state index contributed by atoms with van der Waals surface area (Å²) < 4.78 is 5.10. The van der Waals surface area contributed by atoms with Crippen LogP contribution < -0.4 is 5.32 Å². The molecule has 0 atom stereocenters. The molecule has 1 aromatic rings. The van der Waals surface area contributed by atoms with Crippen molar-refractivity contribution in [2.45, 2.75) is 13.5 Å². The highest BCUT2D eigenvalue weighted by Gasteiger charge is 1.90. The van der Waals surface area contributed by atoms with E-state index in [1.807, 2.05) is 19.1 Å². The Morgan fingerprint density at radius 3 is 3.00 bits per heavy atom. The normalized spacial score (nSPS) is 8.08. The lowest BCUT2D eigenvalue weighted by atomic mass is 10.4. The van der Waals surface area contributed by atoms with Crippen LogP contribution in [-0.2, 0) is 6.54 Å². The van der Waals surface area contributed by atoms with E-state index >= 15 is 0 Å². The second kappa shape index (κ2) is 6.78. The fourth-order valence-corrected chi connectivity index (χ4v) is 0.750. The van der Waals surface area contributed by atoms with Crippen molar-refractivity contribution in [1.82, 2.24) is 5.32 Å². The lowest BCUT2D eigenvalue weighted by molar-refractivity contribution is 0.491. The second-order valence-corrected chi connectivity index (χ2v) is 2.11. The summed E-state index contributed by atoms with van der Waals surface area (Å²) in [6, 6.07) is 3.81. The Labute approximate surface area is 78.8 Å². The molecule has 0 fully saturated rings. The molecule has 66 valence electrons. The smallest absolute Gasteiger partial charge is 0.117 e. The number of hydrogen-bond donors (Lipinski definition) is 1. The zero-order chi connectivity index (χ0) is 7.94. The zero-order valence-corrected chi connectivity index (χ0v) is 7.78. The van der Waals surface area contributed by atoms with Crippen molar-refractivity contribution in [2.75, 3.05) is 6.54 Å². The molecule has 1 rings (SSSR count). The van der Waals surface area contributed by atoms with Crippen LogP contribution in [0.3, 0.4) is 0 Å². The van der Waals surface area contributed by atoms with Crippen molar-refractivity contribution < 1.29 is 4.42 Å². The summed E-state index contributed by atoms with van der Waals surface area (Å²) in [7, 11) is 0. The van der Waals surface area contributed by atoms with Crippen LogP contribution in [0.15, 0.2) is 22.8 Å². The lowest BCUT2D eigenvalue weighted by Crippen LogP contribution is -2.12. The Morgan fingerprint density at radius 2 is 2.42 bits per heavy atom. The van der Waals surface area contributed by atoms with Gasteiger partial charge in [0.2, 0.25) is 0 Å². The molecular weight excluding hydrogens is 174 g/mol. The van der Waals surface area contributed by atoms with Gasteiger partial charge in [-0.3, -0.25) is 5.32 Å². The van der Waals surface area contributed by atoms with Crippen LogP contribution in [0.25, 0.3) is 0 Å². The summed E-state index contributed by atoms with van der Waals surface area (Å²) in [6.45, 7) is 3.30. The maximum absolute atomic E-state index is 5.10. The molecule has 0 aliphatic rings. The van der Waals surface area contributed by atoms with Crippen LogP contribution >= 0.6 is 12.4 Å². The molecule has 0 saturated heterocycles. The Balaban J connectivity index is 0.00000121. The monoisotopic (exact) mass is 185 g/mol. The molecule has 2 nitrogen and oxygen atoms in total. The number of furan rings is 1. The maximum atomic E-state index is 5.10. The largest absolute Gasteiger partial charge is 0.468 e. The van der Waals surface area contributed by atoms with Gasteiger partial charge in [-0.15, -0.1) is 18.3 Å². The SMILES string of the molecule is CC#CCNCc1ccco1.Cl. The molecule has 0 aliphatic carbocycles. The van der Waals surface area contributed by atoms with E-state index in [1.165, 1.54) is 0 Å². The highest BCUT2D eigenvalue weighted by molar-refractivity contribution is 5.85. The molecule has 0 aromatic carbocycles. The topological polar surface area (TPSA) is 25.2 Å². The van der Waals surface area contributed by atoms with Gasteiger partial charge in [0, 0.05) is 0 Å². The summed E-state index contributed by atoms with van der Waals surface area (Å²) in [5.41, 5.74) is 0. The van der Waals surface area contributed by atoms with Gasteiger partial charge in [0.1, 0.15) is 5.76 Å². The zero-order valence-electron chi connectivity index (χ0n) is 6.96. The number of hydrogen-bond acceptors (Lipinski definition) is 2. The summed E-state index contributed by atoms with van der Waals surface area (Å²) >= 11 is 0. The number of nitrogens with one attached hydrogen (secondary N) is 1. The fourth-order valence-electron chi connectivity index (χ4n) is 0.750. The van der Waals surface area contributed by atoms with Gasteiger partial charge in [-0.25, -0.2) is 0 Å². The molecule has 0 amide bonds. The molecule has 1 N–H and O–H groups in total. The van der Waals surface area contributed by atoms with Gasteiger partial charge >= 0.3 is 0 Å². The lowest BCUT2D eigenvalue weighted by Gasteiger charge is -1.94. The fraction of sp³-hybridized carbons (Fsp3) is 0.333. The van der Waals surface area contributed by atoms with Crippen molar-refractivity contribution in [3.8, 4) is 11.8 Å². The molecule has 1 aromatic heterocycles. The van der Waals surface area contributed by atoms with Crippen molar-refractivity contribution >= 4 is 12.4 Å². The maximum Gasteiger partial charge on any atom is 0.117 e. The van der Waals surface area contributed by atoms with Crippen LogP contribution in [0.1, 0.15) is 12.7 Å². The minimum Gasteiger partial charge on any atom is -0.468 e. The first-order valence-electron chi connectivity index (χ1n) is 3.56. The Kier molecular flexibility index (Phi) is 6.26. The highest BCUT2D eigenvalue weighted by atomic mass is 35.5. The number of halogens is 1. The summed E-state index contributed by atoms with van der Waals surface area (Å²) in [5, 5.41) is 3.12. The van der Waals surface area contributed by atoms with Crippen molar-refractivity contribution in [3.05, 3.63) is 24.2 Å². The van der Waals surface area contributed by atoms with E-state index in [0.717, 1.165) is 18.8 Å². The molecule has 0 bridgehead atoms. The molecular formula is C9H12ClNO. The minimum absolute atomic E-state index is 0. The molecule has 0 radical (unpaired) electrons. The first kappa shape index (κ1) is 11.1. The van der Waals surface area contributed by atoms with Crippen LogP contribution in [0.4, 0.5) is 0 Å². The van der Waals surface area contributed by atoms with Gasteiger partial charge in [-0.05, 0) is 19.1 Å². The standard InChI is InChI=1S/C9H11NO.ClH/c1-2-3-6-10-8-9-5-4-7-11-9;/h4-5,7,10H,6,8H2,1H3;1H. The third-order valence-electron chi connectivity index (χ3n) is 1.27. The molecule has 0 aliphatic heterocycles. The second-order valence-electron chi connectivity index (χ2n) is 2.11. The van der Waals surface area contributed by atoms with Gasteiger partial charge in [0.15, 0.2) is 0 Å². The van der Waals surface area contributed by atoms with Gasteiger partial charge < -0.3 is 4.42 Å². The summed E-state index contributed by atoms with van der Waals surface area (Å²) in [6.07, 6.45) is 1.67. The Bertz CT molecular complexity index is 245. The van der Waals surface area contributed by atoms with Crippen LogP contribution in [0.5, 0.6) is 0 Å². The molecule has 1 heterocycles. The van der Waals surface area contributed by atoms with Crippen LogP contribution in [0.2, 0.25) is 0 Å². The minimum atomic E-state index is 0. The van der Waals surface area contributed by atoms with E-state index in [9.17, 15) is 0 Å². The average molecular weight is 186 g/mol. The van der Waals surface area contributed by atoms with E-state index in [4.69, 9.17) is 4.42 Å². The van der Waals surface area contributed by atoms with E-state index < -0.39 is 0 Å². The van der Waals surface area contributed by atoms with E-state index in [-0.39, 0.29) is 12.4 Å². The van der Waals surface area contributed by atoms with Crippen LogP contribution in [-0.4, -0.2) is 6.54 Å². The first-order valence-corrected chi connectivity index (χ1v) is 3.56. The van der Waals surface area contributed by atoms with Gasteiger partial charge in [0.25, 0.3) is 0 Å². The van der Waals surface area contributed by atoms with Crippen molar-refractivity contribution in [1.29, 1.82) is 0 Å². The van der Waals surface area contributed by atoms with E-state index in [2.05, 4.69) is 17.2 Å². The molecule has 0 unspecified atom stereocenters. The van der Waals surface area contributed by atoms with Gasteiger partial charge in [0.05, 0.1) is 19.4 Å². The van der Waals surface area contributed by atoms with Gasteiger partial charge in [-0.1, -0.05) is 5.92 Å². The summed E-state index contributed by atoms with van der Waals surface area (Å²) in [4.78, 5) is 0. The molecule has 0 saturated carbocycles. The van der Waals surface area contributed by atoms with Crippen molar-refractivity contribution in [2.24, 2.45) is 0 Å². The van der Waals surface area contributed by atoms with Crippen molar-refractivity contribution in [3.63, 3.8) is 0 Å². The average Bonchev–Trinajstić information content (AvgIpc) is 2.50. The first-order chi connectivity index (χ1) is 5.43. The Hall–Kier alpha value is -0.910. The highest BCUT2D eigenvalue weighted by Crippen LogP contribution is 1.97. The summed E-state index contributed by atoms with van der Waals surface area (Å²) in [5.74, 6) is 6.66. The molecule has 3 heteroatoms. The molecule has 0 spiro atoms. The molecule has 12 heavy (non-hydrogen) atoms. The quantitative estimate of drug-likeness (QED) is 0.574. The number of rotatable bonds is 3. The predicted molar refractivity (Wildman–Crippen MR) is 51.1 cm³/mol. The Morgan fingerprint density at radius 1 is 1.58 bits per heavy atom. The van der Waals surface area contributed by atoms with E-state index in [1.54, 1.807) is 6.26 Å². The van der Waals surface area contributed by atoms with Gasteiger partial charge in [-0.2, -0.15) is 0 Å². The predicted octanol–water partition coefficient (Wildman–Crippen LogP) is 1.81. The third-order valence-corrected chi connectivity index (χ3v) is 1.27.